The van der Waals surface area contributed by atoms with E-state index in [1.807, 2.05) is 54.1 Å². The average molecular weight is 295 g/mol. The predicted molar refractivity (Wildman–Crippen MR) is 84.4 cm³/mol. The molecular weight excluding hydrogens is 278 g/mol. The van der Waals surface area contributed by atoms with Crippen molar-refractivity contribution in [3.05, 3.63) is 59.5 Å². The number of aryl methyl sites for hydroxylation is 1. The van der Waals surface area contributed by atoms with Crippen LogP contribution >= 0.6 is 0 Å². The largest absolute Gasteiger partial charge is 0.328 e. The zero-order valence-corrected chi connectivity index (χ0v) is 12.5. The second-order valence-corrected chi connectivity index (χ2v) is 5.13. The smallest absolute Gasteiger partial charge is 0.317 e. The SMILES string of the molecule is CCN1C(=O)N/C(=C/c2cccn2-c2ccccc2C)C1=O. The fraction of sp³-hybridized carbons (Fsp3) is 0.176. The molecule has 5 nitrogen and oxygen atoms in total. The van der Waals surface area contributed by atoms with Crippen molar-refractivity contribution < 1.29 is 9.59 Å². The summed E-state index contributed by atoms with van der Waals surface area (Å²) in [5, 5.41) is 2.62. The molecule has 22 heavy (non-hydrogen) atoms. The number of nitrogens with zero attached hydrogens (tertiary/aromatic N) is 2. The van der Waals surface area contributed by atoms with Crippen LogP contribution in [0.3, 0.4) is 0 Å². The summed E-state index contributed by atoms with van der Waals surface area (Å²) in [5.41, 5.74) is 3.33. The molecule has 1 aliphatic rings. The molecule has 0 bridgehead atoms. The first kappa shape index (κ1) is 14.1. The number of likely N-dealkylation sites (N-methyl/N-ethyl adjacent to an activating group) is 1. The Hall–Kier alpha value is -2.82. The lowest BCUT2D eigenvalue weighted by Gasteiger charge is -2.10. The molecule has 0 spiro atoms. The first-order valence-corrected chi connectivity index (χ1v) is 7.19. The maximum absolute atomic E-state index is 12.2. The standard InChI is InChI=1S/C17H17N3O2/c1-3-19-16(21)14(18-17(19)22)11-13-8-6-10-20(13)15-9-5-4-7-12(15)2/h4-11H,3H2,1-2H3,(H,18,22)/b14-11+. The minimum atomic E-state index is -0.368. The van der Waals surface area contributed by atoms with E-state index in [0.29, 0.717) is 12.2 Å². The van der Waals surface area contributed by atoms with E-state index in [0.717, 1.165) is 16.9 Å². The van der Waals surface area contributed by atoms with Gasteiger partial charge in [-0.25, -0.2) is 4.79 Å². The third-order valence-electron chi connectivity index (χ3n) is 3.73. The third kappa shape index (κ3) is 2.30. The van der Waals surface area contributed by atoms with E-state index in [1.54, 1.807) is 13.0 Å². The highest BCUT2D eigenvalue weighted by molar-refractivity contribution is 6.13. The van der Waals surface area contributed by atoms with Gasteiger partial charge in [-0.2, -0.15) is 0 Å². The van der Waals surface area contributed by atoms with Crippen LogP contribution in [0.2, 0.25) is 0 Å². The highest BCUT2D eigenvalue weighted by Crippen LogP contribution is 2.20. The number of para-hydroxylation sites is 1. The average Bonchev–Trinajstić information content (AvgIpc) is 3.05. The molecule has 0 aliphatic carbocycles. The molecule has 0 atom stereocenters. The van der Waals surface area contributed by atoms with E-state index in [2.05, 4.69) is 5.32 Å². The van der Waals surface area contributed by atoms with E-state index in [4.69, 9.17) is 0 Å². The van der Waals surface area contributed by atoms with Crippen LogP contribution in [0, 0.1) is 6.92 Å². The molecule has 1 aromatic carbocycles. The summed E-state index contributed by atoms with van der Waals surface area (Å²) in [6.07, 6.45) is 3.65. The molecule has 1 aromatic heterocycles. The Balaban J connectivity index is 2.01. The number of hydrogen-bond donors (Lipinski definition) is 1. The summed E-state index contributed by atoms with van der Waals surface area (Å²) >= 11 is 0. The lowest BCUT2D eigenvalue weighted by atomic mass is 10.2. The Labute approximate surface area is 128 Å². The van der Waals surface area contributed by atoms with Gasteiger partial charge in [-0.3, -0.25) is 9.69 Å². The molecule has 3 rings (SSSR count). The van der Waals surface area contributed by atoms with Gasteiger partial charge >= 0.3 is 6.03 Å². The van der Waals surface area contributed by atoms with Crippen molar-refractivity contribution in [2.75, 3.05) is 6.54 Å². The Morgan fingerprint density at radius 3 is 2.59 bits per heavy atom. The van der Waals surface area contributed by atoms with Gasteiger partial charge in [0.15, 0.2) is 0 Å². The van der Waals surface area contributed by atoms with Gasteiger partial charge in [0.2, 0.25) is 0 Å². The van der Waals surface area contributed by atoms with Crippen LogP contribution < -0.4 is 5.32 Å². The number of rotatable bonds is 3. The summed E-state index contributed by atoms with van der Waals surface area (Å²) in [6.45, 7) is 4.17. The van der Waals surface area contributed by atoms with Crippen LogP contribution in [0.1, 0.15) is 18.2 Å². The number of hydrogen-bond acceptors (Lipinski definition) is 2. The minimum absolute atomic E-state index is 0.287. The van der Waals surface area contributed by atoms with Crippen LogP contribution in [0.4, 0.5) is 4.79 Å². The van der Waals surface area contributed by atoms with Gasteiger partial charge in [0.05, 0.1) is 0 Å². The van der Waals surface area contributed by atoms with Crippen molar-refractivity contribution in [3.8, 4) is 5.69 Å². The Bertz CT molecular complexity index is 774. The fourth-order valence-electron chi connectivity index (χ4n) is 2.57. The second kappa shape index (κ2) is 5.52. The highest BCUT2D eigenvalue weighted by atomic mass is 16.2. The molecule has 0 saturated carbocycles. The van der Waals surface area contributed by atoms with Crippen molar-refractivity contribution in [2.24, 2.45) is 0 Å². The molecule has 0 unspecified atom stereocenters. The van der Waals surface area contributed by atoms with Gasteiger partial charge in [0, 0.05) is 24.1 Å². The van der Waals surface area contributed by atoms with Crippen molar-refractivity contribution in [3.63, 3.8) is 0 Å². The Morgan fingerprint density at radius 1 is 1.14 bits per heavy atom. The van der Waals surface area contributed by atoms with Crippen molar-refractivity contribution in [2.45, 2.75) is 13.8 Å². The van der Waals surface area contributed by atoms with Gasteiger partial charge in [-0.15, -0.1) is 0 Å². The third-order valence-corrected chi connectivity index (χ3v) is 3.73. The monoisotopic (exact) mass is 295 g/mol. The second-order valence-electron chi connectivity index (χ2n) is 5.13. The number of carbonyl (C=O) groups excluding carboxylic acids is 2. The van der Waals surface area contributed by atoms with Gasteiger partial charge < -0.3 is 9.88 Å². The van der Waals surface area contributed by atoms with Crippen molar-refractivity contribution >= 4 is 18.0 Å². The quantitative estimate of drug-likeness (QED) is 0.699. The van der Waals surface area contributed by atoms with Crippen LogP contribution in [-0.4, -0.2) is 28.0 Å². The van der Waals surface area contributed by atoms with E-state index in [1.165, 1.54) is 4.90 Å². The first-order chi connectivity index (χ1) is 10.6. The van der Waals surface area contributed by atoms with Crippen LogP contribution in [0.5, 0.6) is 0 Å². The lowest BCUT2D eigenvalue weighted by Crippen LogP contribution is -2.30. The topological polar surface area (TPSA) is 54.3 Å². The maximum Gasteiger partial charge on any atom is 0.328 e. The molecule has 1 saturated heterocycles. The summed E-state index contributed by atoms with van der Waals surface area (Å²) in [5.74, 6) is -0.287. The summed E-state index contributed by atoms with van der Waals surface area (Å²) in [7, 11) is 0. The summed E-state index contributed by atoms with van der Waals surface area (Å²) in [4.78, 5) is 25.1. The molecule has 1 N–H and O–H groups in total. The predicted octanol–water partition coefficient (Wildman–Crippen LogP) is 2.70. The van der Waals surface area contributed by atoms with Gasteiger partial charge in [0.25, 0.3) is 5.91 Å². The van der Waals surface area contributed by atoms with E-state index in [-0.39, 0.29) is 11.9 Å². The van der Waals surface area contributed by atoms with E-state index in [9.17, 15) is 9.59 Å². The molecular formula is C17H17N3O2. The molecule has 5 heteroatoms. The number of carbonyl (C=O) groups is 2. The number of imide groups is 1. The van der Waals surface area contributed by atoms with Crippen LogP contribution in [-0.2, 0) is 4.79 Å². The summed E-state index contributed by atoms with van der Waals surface area (Å²) in [6, 6.07) is 11.5. The number of aromatic nitrogens is 1. The molecule has 3 amide bonds. The van der Waals surface area contributed by atoms with Gasteiger partial charge in [-0.1, -0.05) is 18.2 Å². The molecule has 1 fully saturated rings. The van der Waals surface area contributed by atoms with E-state index >= 15 is 0 Å². The van der Waals surface area contributed by atoms with Gasteiger partial charge in [0.1, 0.15) is 5.70 Å². The Kier molecular flexibility index (Phi) is 3.55. The molecule has 2 heterocycles. The van der Waals surface area contributed by atoms with Crippen LogP contribution in [0.25, 0.3) is 11.8 Å². The number of urea groups is 1. The zero-order valence-electron chi connectivity index (χ0n) is 12.5. The molecule has 112 valence electrons. The lowest BCUT2D eigenvalue weighted by molar-refractivity contribution is -0.122. The van der Waals surface area contributed by atoms with Gasteiger partial charge in [-0.05, 0) is 43.7 Å². The van der Waals surface area contributed by atoms with Crippen molar-refractivity contribution in [1.82, 2.24) is 14.8 Å². The number of amides is 3. The zero-order chi connectivity index (χ0) is 15.7. The van der Waals surface area contributed by atoms with Crippen LogP contribution in [0.15, 0.2) is 48.3 Å². The van der Waals surface area contributed by atoms with Crippen molar-refractivity contribution in [1.29, 1.82) is 0 Å². The molecule has 1 aliphatic heterocycles. The van der Waals surface area contributed by atoms with E-state index < -0.39 is 0 Å². The maximum atomic E-state index is 12.2. The fourth-order valence-corrected chi connectivity index (χ4v) is 2.57. The summed E-state index contributed by atoms with van der Waals surface area (Å²) < 4.78 is 2.00. The minimum Gasteiger partial charge on any atom is -0.317 e. The highest BCUT2D eigenvalue weighted by Gasteiger charge is 2.32. The molecule has 2 aromatic rings. The normalized spacial score (nSPS) is 16.5. The first-order valence-electron chi connectivity index (χ1n) is 7.19. The number of benzene rings is 1. The Morgan fingerprint density at radius 2 is 1.91 bits per heavy atom. The number of nitrogens with one attached hydrogen (secondary N) is 1. The molecule has 0 radical (unpaired) electrons.